The zero-order chi connectivity index (χ0) is 36.5. The molecule has 268 valence electrons. The summed E-state index contributed by atoms with van der Waals surface area (Å²) in [5.74, 6) is 1.19. The summed E-state index contributed by atoms with van der Waals surface area (Å²) in [6.07, 6.45) is 3.62. The molecular formula is C37H37Cl2N9O4. The quantitative estimate of drug-likeness (QED) is 0.212. The highest BCUT2D eigenvalue weighted by molar-refractivity contribution is 6.39. The van der Waals surface area contributed by atoms with Gasteiger partial charge in [-0.2, -0.15) is 0 Å². The number of ether oxygens (including phenoxy) is 1. The summed E-state index contributed by atoms with van der Waals surface area (Å²) in [7, 11) is 4.63. The first-order chi connectivity index (χ1) is 25.0. The van der Waals surface area contributed by atoms with Crippen molar-refractivity contribution in [3.63, 3.8) is 0 Å². The topological polar surface area (TPSA) is 148 Å². The number of carbonyl (C=O) groups excluding carboxylic acids is 1. The van der Waals surface area contributed by atoms with E-state index in [1.807, 2.05) is 30.3 Å². The summed E-state index contributed by atoms with van der Waals surface area (Å²) in [6.45, 7) is 4.06. The molecule has 52 heavy (non-hydrogen) atoms. The lowest BCUT2D eigenvalue weighted by atomic mass is 9.93. The van der Waals surface area contributed by atoms with Crippen LogP contribution < -0.4 is 31.9 Å². The number of hydrogen-bond donors (Lipinski definition) is 3. The number of carbonyl (C=O) groups is 1. The minimum Gasteiger partial charge on any atom is -0.481 e. The Balaban J connectivity index is 1.13. The number of benzene rings is 2. The number of pyridine rings is 1. The highest BCUT2D eigenvalue weighted by Gasteiger charge is 2.45. The molecule has 0 saturated carbocycles. The largest absolute Gasteiger partial charge is 0.481 e. The van der Waals surface area contributed by atoms with Gasteiger partial charge in [0.1, 0.15) is 17.0 Å². The van der Waals surface area contributed by atoms with Crippen LogP contribution in [0.4, 0.5) is 16.3 Å². The number of aryl methyl sites for hydroxylation is 3. The van der Waals surface area contributed by atoms with Crippen molar-refractivity contribution in [2.45, 2.75) is 44.2 Å². The number of fused-ring (bicyclic) bond motifs is 2. The lowest BCUT2D eigenvalue weighted by molar-refractivity contribution is 0.187. The molecule has 2 fully saturated rings. The SMILES string of the molecule is COc1nc(-c2cccc(-c3cccc(Nc4nc(C)nc5c4c(=O)n(C)c(=O)n5C)c3Cl)c2Cl)cc2c1[C@@H](N1CC[C@]3(CCNC(=O)N3)C1)CC2. The number of urea groups is 1. The predicted octanol–water partition coefficient (Wildman–Crippen LogP) is 5.26. The molecule has 8 rings (SSSR count). The lowest BCUT2D eigenvalue weighted by Gasteiger charge is -2.36. The lowest BCUT2D eigenvalue weighted by Crippen LogP contribution is -2.59. The zero-order valence-corrected chi connectivity index (χ0v) is 30.7. The summed E-state index contributed by atoms with van der Waals surface area (Å²) in [4.78, 5) is 54.3. The fraction of sp³-hybridized carbons (Fsp3) is 0.351. The van der Waals surface area contributed by atoms with Crippen molar-refractivity contribution < 1.29 is 9.53 Å². The Kier molecular flexibility index (Phi) is 8.47. The molecule has 13 nitrogen and oxygen atoms in total. The number of hydrogen-bond acceptors (Lipinski definition) is 9. The summed E-state index contributed by atoms with van der Waals surface area (Å²) in [5, 5.41) is 10.3. The molecule has 1 spiro atoms. The van der Waals surface area contributed by atoms with Gasteiger partial charge in [0.15, 0.2) is 5.65 Å². The number of nitrogens with zero attached hydrogens (tertiary/aromatic N) is 6. The van der Waals surface area contributed by atoms with Crippen LogP contribution in [0.15, 0.2) is 52.1 Å². The average Bonchev–Trinajstić information content (AvgIpc) is 3.74. The molecule has 0 bridgehead atoms. The maximum atomic E-state index is 13.2. The maximum absolute atomic E-state index is 13.2. The second-order valence-corrected chi connectivity index (χ2v) is 14.5. The molecule has 0 unspecified atom stereocenters. The fourth-order valence-corrected chi connectivity index (χ4v) is 8.64. The second-order valence-electron chi connectivity index (χ2n) is 13.8. The molecule has 3 aliphatic rings. The van der Waals surface area contributed by atoms with E-state index in [1.54, 1.807) is 27.1 Å². The third-order valence-corrected chi connectivity index (χ3v) is 11.5. The first-order valence-corrected chi connectivity index (χ1v) is 17.9. The van der Waals surface area contributed by atoms with E-state index in [0.29, 0.717) is 50.8 Å². The number of nitrogens with one attached hydrogen (secondary N) is 3. The van der Waals surface area contributed by atoms with Gasteiger partial charge in [0.25, 0.3) is 5.56 Å². The minimum atomic E-state index is -0.521. The van der Waals surface area contributed by atoms with E-state index < -0.39 is 11.2 Å². The number of aromatic nitrogens is 5. The van der Waals surface area contributed by atoms with Gasteiger partial charge in [0.2, 0.25) is 5.88 Å². The zero-order valence-electron chi connectivity index (χ0n) is 29.1. The molecule has 2 atom stereocenters. The molecule has 2 saturated heterocycles. The first kappa shape index (κ1) is 34.1. The van der Waals surface area contributed by atoms with Crippen molar-refractivity contribution in [2.75, 3.05) is 32.1 Å². The standard InChI is InChI=1S/C37H37Cl2N9O4/c1-19-41-31(28-32(42-19)46(2)36(51)47(3)34(28)49)43-24-10-6-8-22(30(24)39)21-7-5-9-23(29(21)38)25-17-20-11-12-26(27(20)33(44-25)52-4)48-16-14-37(18-48)13-15-40-35(50)45-37/h5-10,17,26H,11-16,18H2,1-4H3,(H2,40,45,50)(H,41,42,43)/t26-,37+/m0/s1. The molecule has 3 N–H and O–H groups in total. The van der Waals surface area contributed by atoms with Crippen LogP contribution >= 0.6 is 23.2 Å². The molecule has 2 amide bonds. The molecule has 5 aromatic rings. The number of likely N-dealkylation sites (tertiary alicyclic amines) is 1. The number of rotatable bonds is 6. The van der Waals surface area contributed by atoms with Crippen molar-refractivity contribution in [1.82, 2.24) is 39.6 Å². The van der Waals surface area contributed by atoms with Crippen molar-refractivity contribution in [3.8, 4) is 28.3 Å². The molecule has 5 heterocycles. The summed E-state index contributed by atoms with van der Waals surface area (Å²) in [5.41, 5.74) is 4.55. The van der Waals surface area contributed by atoms with Crippen LogP contribution in [0.1, 0.15) is 42.3 Å². The predicted molar refractivity (Wildman–Crippen MR) is 201 cm³/mol. The number of amides is 2. The van der Waals surface area contributed by atoms with E-state index in [-0.39, 0.29) is 34.5 Å². The molecule has 0 radical (unpaired) electrons. The first-order valence-electron chi connectivity index (χ1n) is 17.2. The van der Waals surface area contributed by atoms with Crippen LogP contribution in [0.2, 0.25) is 10.0 Å². The van der Waals surface area contributed by atoms with Gasteiger partial charge in [-0.1, -0.05) is 53.5 Å². The summed E-state index contributed by atoms with van der Waals surface area (Å²) < 4.78 is 8.28. The van der Waals surface area contributed by atoms with Crippen LogP contribution in [0.25, 0.3) is 33.4 Å². The van der Waals surface area contributed by atoms with Crippen molar-refractivity contribution >= 4 is 51.8 Å². The van der Waals surface area contributed by atoms with E-state index in [4.69, 9.17) is 32.9 Å². The molecule has 15 heteroatoms. The Morgan fingerprint density at radius 2 is 1.71 bits per heavy atom. The highest BCUT2D eigenvalue weighted by Crippen LogP contribution is 2.47. The Hall–Kier alpha value is -4.98. The van der Waals surface area contributed by atoms with E-state index in [2.05, 4.69) is 36.9 Å². The monoisotopic (exact) mass is 741 g/mol. The maximum Gasteiger partial charge on any atom is 0.332 e. The highest BCUT2D eigenvalue weighted by atomic mass is 35.5. The smallest absolute Gasteiger partial charge is 0.332 e. The summed E-state index contributed by atoms with van der Waals surface area (Å²) >= 11 is 14.3. The second kappa shape index (κ2) is 12.9. The number of methoxy groups -OCH3 is 1. The third-order valence-electron chi connectivity index (χ3n) is 10.6. The van der Waals surface area contributed by atoms with Crippen LogP contribution in [-0.2, 0) is 20.5 Å². The van der Waals surface area contributed by atoms with Gasteiger partial charge in [-0.25, -0.2) is 24.5 Å². The number of anilines is 2. The van der Waals surface area contributed by atoms with Crippen molar-refractivity contribution in [1.29, 1.82) is 0 Å². The Bertz CT molecular complexity index is 2430. The summed E-state index contributed by atoms with van der Waals surface area (Å²) in [6, 6.07) is 13.4. The Morgan fingerprint density at radius 3 is 2.48 bits per heavy atom. The van der Waals surface area contributed by atoms with Crippen molar-refractivity contribution in [3.05, 3.63) is 90.3 Å². The van der Waals surface area contributed by atoms with Gasteiger partial charge in [-0.3, -0.25) is 18.8 Å². The van der Waals surface area contributed by atoms with Gasteiger partial charge < -0.3 is 20.7 Å². The van der Waals surface area contributed by atoms with E-state index in [0.717, 1.165) is 54.5 Å². The van der Waals surface area contributed by atoms with Gasteiger partial charge in [0, 0.05) is 62.0 Å². The van der Waals surface area contributed by atoms with Gasteiger partial charge in [-0.15, -0.1) is 0 Å². The molecule has 3 aromatic heterocycles. The molecule has 2 aliphatic heterocycles. The van der Waals surface area contributed by atoms with Crippen LogP contribution in [0, 0.1) is 6.92 Å². The Morgan fingerprint density at radius 1 is 0.962 bits per heavy atom. The fourth-order valence-electron chi connectivity index (χ4n) is 8.04. The molecule has 1 aliphatic carbocycles. The van der Waals surface area contributed by atoms with E-state index >= 15 is 0 Å². The average molecular weight is 743 g/mol. The van der Waals surface area contributed by atoms with Crippen LogP contribution in [-0.4, -0.2) is 67.3 Å². The van der Waals surface area contributed by atoms with Gasteiger partial charge in [0.05, 0.1) is 34.1 Å². The van der Waals surface area contributed by atoms with Crippen LogP contribution in [0.3, 0.4) is 0 Å². The van der Waals surface area contributed by atoms with E-state index in [9.17, 15) is 14.4 Å². The minimum absolute atomic E-state index is 0.0946. The van der Waals surface area contributed by atoms with Crippen LogP contribution in [0.5, 0.6) is 5.88 Å². The van der Waals surface area contributed by atoms with Gasteiger partial charge in [-0.05, 0) is 50.3 Å². The normalized spacial score (nSPS) is 19.9. The Labute approximate surface area is 309 Å². The van der Waals surface area contributed by atoms with Crippen molar-refractivity contribution in [2.24, 2.45) is 14.1 Å². The van der Waals surface area contributed by atoms with Gasteiger partial charge >= 0.3 is 11.7 Å². The third kappa shape index (κ3) is 5.58. The molecule has 2 aromatic carbocycles. The number of halogens is 2. The molecular weight excluding hydrogens is 705 g/mol. The van der Waals surface area contributed by atoms with E-state index in [1.165, 1.54) is 17.2 Å².